The van der Waals surface area contributed by atoms with E-state index in [1.54, 1.807) is 12.1 Å². The number of allylic oxidation sites excluding steroid dienone is 4. The SMILES string of the molecule is C.CC1=CCC=C1.Cc1cc(CC(=O)c2ccc(C)c(I)c2)cc(-n2cccc2)c1.Cc1cc(N)cc(-n2ccc(C)c2)c1.Cc1cc(N)cc(Br)c1.Cc1ccc(C(=O)Cl)cc1I. The van der Waals surface area contributed by atoms with Gasteiger partial charge in [0, 0.05) is 76.7 Å². The number of nitrogen functional groups attached to an aromatic ring is 2. The first-order valence-electron chi connectivity index (χ1n) is 20.2. The number of carbonyl (C=O) groups excluding carboxylic acids is 2. The number of Topliss-reactive ketones (excluding diaryl/α,β-unsaturated/α-hetero) is 1. The van der Waals surface area contributed by atoms with Crippen LogP contribution in [0.1, 0.15) is 80.4 Å². The Balaban J connectivity index is 0.000000228. The maximum absolute atomic E-state index is 12.6. The predicted molar refractivity (Wildman–Crippen MR) is 294 cm³/mol. The van der Waals surface area contributed by atoms with E-state index >= 15 is 0 Å². The Hall–Kier alpha value is -4.69. The molecule has 64 heavy (non-hydrogen) atoms. The van der Waals surface area contributed by atoms with E-state index in [1.165, 1.54) is 27.8 Å². The third kappa shape index (κ3) is 18.1. The number of rotatable bonds is 6. The van der Waals surface area contributed by atoms with Gasteiger partial charge in [-0.3, -0.25) is 9.59 Å². The van der Waals surface area contributed by atoms with Gasteiger partial charge in [-0.2, -0.15) is 0 Å². The van der Waals surface area contributed by atoms with Crippen LogP contribution in [0.25, 0.3) is 11.4 Å². The van der Waals surface area contributed by atoms with E-state index in [0.29, 0.717) is 12.0 Å². The van der Waals surface area contributed by atoms with Gasteiger partial charge in [0.15, 0.2) is 5.78 Å². The molecule has 0 unspecified atom stereocenters. The predicted octanol–water partition coefficient (Wildman–Crippen LogP) is 15.6. The zero-order valence-corrected chi connectivity index (χ0v) is 43.4. The van der Waals surface area contributed by atoms with E-state index < -0.39 is 5.24 Å². The molecular formula is C54H58BrClI2N4O2. The number of benzene rings is 5. The van der Waals surface area contributed by atoms with Crippen LogP contribution in [-0.2, 0) is 6.42 Å². The number of hydrogen-bond donors (Lipinski definition) is 2. The minimum absolute atomic E-state index is 0. The molecule has 8 rings (SSSR count). The highest BCUT2D eigenvalue weighted by Crippen LogP contribution is 2.20. The van der Waals surface area contributed by atoms with Crippen molar-refractivity contribution < 1.29 is 9.59 Å². The summed E-state index contributed by atoms with van der Waals surface area (Å²) in [6, 6.07) is 35.6. The lowest BCUT2D eigenvalue weighted by Crippen LogP contribution is -2.05. The molecular weight excluding hydrogens is 1110 g/mol. The van der Waals surface area contributed by atoms with Crippen LogP contribution in [0.15, 0.2) is 162 Å². The van der Waals surface area contributed by atoms with Gasteiger partial charge in [0.2, 0.25) is 0 Å². The lowest BCUT2D eigenvalue weighted by Gasteiger charge is -2.09. The van der Waals surface area contributed by atoms with Crippen LogP contribution >= 0.6 is 72.7 Å². The Bertz CT molecular complexity index is 2650. The van der Waals surface area contributed by atoms with E-state index in [4.69, 9.17) is 23.1 Å². The lowest BCUT2D eigenvalue weighted by atomic mass is 10.00. The molecule has 0 radical (unpaired) electrons. The highest BCUT2D eigenvalue weighted by Gasteiger charge is 2.10. The van der Waals surface area contributed by atoms with Crippen LogP contribution in [0.5, 0.6) is 0 Å². The second kappa shape index (κ2) is 26.3. The molecule has 0 aliphatic heterocycles. The van der Waals surface area contributed by atoms with E-state index in [0.717, 1.165) is 63.0 Å². The average Bonchev–Trinajstić information content (AvgIpc) is 4.02. The quantitative estimate of drug-likeness (QED) is 0.0750. The lowest BCUT2D eigenvalue weighted by molar-refractivity contribution is 0.0992. The standard InChI is InChI=1S/C20H18INO.C12H14N2.C8H6ClIO.C7H8BrN.C6H8.CH4/c1-14-9-16(11-18(10-14)22-7-3-4-8-22)12-20(23)17-6-5-15(2)19(21)13-17;1-9-3-4-14(8-9)12-6-10(2)5-11(13)7-12;1-5-2-3-6(8(9)11)4-7(5)10;1-5-2-6(8)4-7(9)3-5;1-6-4-2-3-5-6;/h3-11,13H,12H2,1-2H3;3-8H,13H2,1-2H3;2-4H,1H3;2-4H,9H2,1H3;2,4-5H,3H2,1H3;1H4. The first-order valence-corrected chi connectivity index (χ1v) is 23.6. The largest absolute Gasteiger partial charge is 0.399 e. The third-order valence-electron chi connectivity index (χ3n) is 9.53. The number of nitrogens with two attached hydrogens (primary N) is 2. The summed E-state index contributed by atoms with van der Waals surface area (Å²) in [6.07, 6.45) is 16.2. The summed E-state index contributed by atoms with van der Waals surface area (Å²) in [5, 5.41) is -0.400. The van der Waals surface area contributed by atoms with Crippen molar-refractivity contribution in [2.75, 3.05) is 11.5 Å². The number of halogens is 4. The van der Waals surface area contributed by atoms with Gasteiger partial charge >= 0.3 is 0 Å². The van der Waals surface area contributed by atoms with Crippen LogP contribution < -0.4 is 11.5 Å². The van der Waals surface area contributed by atoms with Crippen LogP contribution in [0.2, 0.25) is 0 Å². The summed E-state index contributed by atoms with van der Waals surface area (Å²) < 4.78 is 7.38. The Labute approximate surface area is 421 Å². The maximum atomic E-state index is 12.6. The summed E-state index contributed by atoms with van der Waals surface area (Å²) >= 11 is 13.1. The summed E-state index contributed by atoms with van der Waals surface area (Å²) in [4.78, 5) is 23.2. The van der Waals surface area contributed by atoms with Gasteiger partial charge < -0.3 is 20.6 Å². The fraction of sp³-hybridized carbons (Fsp3) is 0.185. The molecule has 10 heteroatoms. The first kappa shape index (κ1) is 53.6. The van der Waals surface area contributed by atoms with Crippen molar-refractivity contribution in [1.29, 1.82) is 0 Å². The Kier molecular flexibility index (Phi) is 22.1. The summed E-state index contributed by atoms with van der Waals surface area (Å²) in [5.41, 5.74) is 26.1. The van der Waals surface area contributed by atoms with E-state index in [2.05, 4.69) is 160 Å². The smallest absolute Gasteiger partial charge is 0.252 e. The number of nitrogens with zero attached hydrogens (tertiary/aromatic N) is 2. The highest BCUT2D eigenvalue weighted by molar-refractivity contribution is 14.1. The van der Waals surface area contributed by atoms with Crippen molar-refractivity contribution in [1.82, 2.24) is 9.13 Å². The zero-order valence-electron chi connectivity index (χ0n) is 36.7. The van der Waals surface area contributed by atoms with Crippen molar-refractivity contribution >= 4 is 95.1 Å². The molecule has 0 spiro atoms. The number of hydrogen-bond acceptors (Lipinski definition) is 4. The Morgan fingerprint density at radius 1 is 0.641 bits per heavy atom. The van der Waals surface area contributed by atoms with Crippen molar-refractivity contribution in [2.45, 2.75) is 68.7 Å². The normalized spacial score (nSPS) is 10.9. The molecule has 0 saturated carbocycles. The molecule has 2 aromatic heterocycles. The molecule has 2 heterocycles. The molecule has 0 amide bonds. The number of aryl methyl sites for hydroxylation is 6. The monoisotopic (exact) mass is 1160 g/mol. The first-order chi connectivity index (χ1) is 29.9. The number of aromatic nitrogens is 2. The van der Waals surface area contributed by atoms with E-state index in [-0.39, 0.29) is 13.2 Å². The van der Waals surface area contributed by atoms with E-state index in [9.17, 15) is 9.59 Å². The summed E-state index contributed by atoms with van der Waals surface area (Å²) in [7, 11) is 0. The molecule has 5 aromatic carbocycles. The van der Waals surface area contributed by atoms with Gasteiger partial charge in [-0.05, 0) is 236 Å². The molecule has 1 aliphatic rings. The fourth-order valence-electron chi connectivity index (χ4n) is 6.31. The molecule has 0 bridgehead atoms. The fourth-order valence-corrected chi connectivity index (χ4v) is 8.09. The average molecular weight is 1160 g/mol. The van der Waals surface area contributed by atoms with Gasteiger partial charge in [0.1, 0.15) is 0 Å². The summed E-state index contributed by atoms with van der Waals surface area (Å²) in [5.74, 6) is 0.159. The second-order valence-corrected chi connectivity index (χ2v) is 19.0. The zero-order chi connectivity index (χ0) is 46.2. The van der Waals surface area contributed by atoms with Crippen molar-refractivity contribution in [3.05, 3.63) is 219 Å². The van der Waals surface area contributed by atoms with Gasteiger partial charge in [0.05, 0.1) is 0 Å². The third-order valence-corrected chi connectivity index (χ3v) is 12.5. The van der Waals surface area contributed by atoms with Crippen LogP contribution in [0.4, 0.5) is 11.4 Å². The van der Waals surface area contributed by atoms with Gasteiger partial charge in [-0.15, -0.1) is 0 Å². The van der Waals surface area contributed by atoms with Crippen LogP contribution in [-0.4, -0.2) is 20.2 Å². The molecule has 0 atom stereocenters. The van der Waals surface area contributed by atoms with Gasteiger partial charge in [-0.1, -0.05) is 71.4 Å². The second-order valence-electron chi connectivity index (χ2n) is 15.4. The molecule has 334 valence electrons. The van der Waals surface area contributed by atoms with Crippen molar-refractivity contribution in [2.24, 2.45) is 0 Å². The number of ketones is 1. The Morgan fingerprint density at radius 2 is 1.19 bits per heavy atom. The topological polar surface area (TPSA) is 96.0 Å². The van der Waals surface area contributed by atoms with Crippen LogP contribution in [0, 0.1) is 48.7 Å². The number of anilines is 2. The summed E-state index contributed by atoms with van der Waals surface area (Å²) in [6.45, 7) is 14.4. The van der Waals surface area contributed by atoms with E-state index in [1.807, 2.05) is 99.2 Å². The minimum atomic E-state index is -0.400. The molecule has 1 aliphatic carbocycles. The maximum Gasteiger partial charge on any atom is 0.252 e. The molecule has 6 nitrogen and oxygen atoms in total. The highest BCUT2D eigenvalue weighted by atomic mass is 127. The van der Waals surface area contributed by atoms with Crippen molar-refractivity contribution in [3.8, 4) is 11.4 Å². The van der Waals surface area contributed by atoms with Crippen LogP contribution in [0.3, 0.4) is 0 Å². The number of carbonyl (C=O) groups is 2. The van der Waals surface area contributed by atoms with Crippen molar-refractivity contribution in [3.63, 3.8) is 0 Å². The molecule has 0 saturated heterocycles. The molecule has 4 N–H and O–H groups in total. The minimum Gasteiger partial charge on any atom is -0.399 e. The Morgan fingerprint density at radius 3 is 1.66 bits per heavy atom. The molecule has 7 aromatic rings. The molecule has 0 fully saturated rings. The van der Waals surface area contributed by atoms with Gasteiger partial charge in [0.25, 0.3) is 5.24 Å². The van der Waals surface area contributed by atoms with Gasteiger partial charge in [-0.25, -0.2) is 0 Å².